The predicted molar refractivity (Wildman–Crippen MR) is 170 cm³/mol. The standard InChI is InChI=1S/C35H29Cl2FN2O6/c1-3-18-7-11-20(12-8-18)39-30(42)23-16-15-22-24(27(23)31(39)43)17-34(36)32(44)40(21-13-9-19(38)10-14-21)33(45)35(34,37)29(22)28-25(41)5-4-6-26(28)46-2/h4-15,23-24,27,29,41H,3,16-17H2,1-2H3. The molecule has 2 heterocycles. The number of aryl methyl sites for hydroxylation is 1. The zero-order valence-corrected chi connectivity index (χ0v) is 26.4. The van der Waals surface area contributed by atoms with E-state index in [2.05, 4.69) is 0 Å². The van der Waals surface area contributed by atoms with Crippen molar-refractivity contribution in [1.82, 2.24) is 0 Å². The number of carbonyl (C=O) groups excluding carboxylic acids is 4. The number of ether oxygens (including phenoxy) is 1. The van der Waals surface area contributed by atoms with Gasteiger partial charge in [0.15, 0.2) is 9.75 Å². The number of allylic oxidation sites excluding steroid dienone is 2. The van der Waals surface area contributed by atoms with E-state index in [1.807, 2.05) is 19.1 Å². The number of anilines is 2. The number of carbonyl (C=O) groups is 4. The monoisotopic (exact) mass is 662 g/mol. The molecule has 11 heteroatoms. The van der Waals surface area contributed by atoms with Gasteiger partial charge in [0.1, 0.15) is 17.3 Å². The number of halogens is 3. The minimum absolute atomic E-state index is 0.0671. The minimum atomic E-state index is -2.19. The highest BCUT2D eigenvalue weighted by atomic mass is 35.5. The molecule has 3 aromatic carbocycles. The van der Waals surface area contributed by atoms with Gasteiger partial charge in [0.05, 0.1) is 30.3 Å². The van der Waals surface area contributed by atoms with Crippen molar-refractivity contribution >= 4 is 58.2 Å². The Morgan fingerprint density at radius 2 is 1.54 bits per heavy atom. The van der Waals surface area contributed by atoms with Gasteiger partial charge >= 0.3 is 0 Å². The van der Waals surface area contributed by atoms with Gasteiger partial charge in [-0.25, -0.2) is 9.29 Å². The third-order valence-corrected chi connectivity index (χ3v) is 11.5. The molecule has 0 radical (unpaired) electrons. The number of benzene rings is 3. The van der Waals surface area contributed by atoms with Gasteiger partial charge in [-0.2, -0.15) is 0 Å². The number of hydrogen-bond acceptors (Lipinski definition) is 6. The second-order valence-corrected chi connectivity index (χ2v) is 13.4. The summed E-state index contributed by atoms with van der Waals surface area (Å²) in [5.74, 6) is -6.79. The smallest absolute Gasteiger partial charge is 0.258 e. The average Bonchev–Trinajstić information content (AvgIpc) is 3.39. The number of hydrogen-bond donors (Lipinski definition) is 1. The van der Waals surface area contributed by atoms with Crippen molar-refractivity contribution in [2.45, 2.75) is 41.9 Å². The lowest BCUT2D eigenvalue weighted by atomic mass is 9.56. The molecule has 3 aromatic rings. The van der Waals surface area contributed by atoms with E-state index in [0.717, 1.165) is 29.0 Å². The molecule has 1 N–H and O–H groups in total. The number of aromatic hydroxyl groups is 1. The Morgan fingerprint density at radius 1 is 0.891 bits per heavy atom. The normalized spacial score (nSPS) is 30.2. The van der Waals surface area contributed by atoms with E-state index in [1.54, 1.807) is 30.3 Å². The molecule has 7 rings (SSSR count). The summed E-state index contributed by atoms with van der Waals surface area (Å²) >= 11 is 14.8. The van der Waals surface area contributed by atoms with Gasteiger partial charge in [-0.15, -0.1) is 23.2 Å². The quantitative estimate of drug-likeness (QED) is 0.208. The van der Waals surface area contributed by atoms with Gasteiger partial charge in [-0.3, -0.25) is 24.1 Å². The van der Waals surface area contributed by atoms with Crippen LogP contribution in [-0.2, 0) is 25.6 Å². The van der Waals surface area contributed by atoms with E-state index in [9.17, 15) is 28.7 Å². The fraction of sp³-hybridized carbons (Fsp3) is 0.314. The maximum absolute atomic E-state index is 14.5. The average molecular weight is 664 g/mol. The first-order chi connectivity index (χ1) is 22.0. The van der Waals surface area contributed by atoms with Crippen LogP contribution in [0.1, 0.15) is 36.8 Å². The Hall–Kier alpha value is -4.21. The topological polar surface area (TPSA) is 104 Å². The highest BCUT2D eigenvalue weighted by Crippen LogP contribution is 2.67. The SMILES string of the molecule is CCc1ccc(N2C(=O)C3CC=C4C(CC5(Cl)C(=O)N(c6ccc(F)cc6)C(=O)C5(Cl)C4c4c(O)cccc4OC)C3C2=O)cc1. The number of nitrogens with zero attached hydrogens (tertiary/aromatic N) is 2. The van der Waals surface area contributed by atoms with Crippen molar-refractivity contribution in [2.75, 3.05) is 16.9 Å². The lowest BCUT2D eigenvalue weighted by Gasteiger charge is -2.50. The van der Waals surface area contributed by atoms with Crippen LogP contribution in [0.15, 0.2) is 78.4 Å². The van der Waals surface area contributed by atoms with Crippen molar-refractivity contribution in [1.29, 1.82) is 0 Å². The Kier molecular flexibility index (Phi) is 7.06. The minimum Gasteiger partial charge on any atom is -0.508 e. The van der Waals surface area contributed by atoms with E-state index in [-0.39, 0.29) is 41.5 Å². The van der Waals surface area contributed by atoms with Crippen LogP contribution in [0.5, 0.6) is 11.5 Å². The zero-order valence-electron chi connectivity index (χ0n) is 24.9. The molecule has 6 atom stereocenters. The number of methoxy groups -OCH3 is 1. The molecule has 6 unspecified atom stereocenters. The van der Waals surface area contributed by atoms with Crippen LogP contribution in [0.25, 0.3) is 0 Å². The molecule has 0 bridgehead atoms. The van der Waals surface area contributed by atoms with Crippen molar-refractivity contribution in [3.05, 3.63) is 95.3 Å². The lowest BCUT2D eigenvalue weighted by molar-refractivity contribution is -0.125. The highest BCUT2D eigenvalue weighted by Gasteiger charge is 2.77. The number of phenols is 1. The maximum atomic E-state index is 14.5. The lowest BCUT2D eigenvalue weighted by Crippen LogP contribution is -2.60. The molecule has 0 aromatic heterocycles. The largest absolute Gasteiger partial charge is 0.508 e. The first-order valence-corrected chi connectivity index (χ1v) is 15.8. The van der Waals surface area contributed by atoms with Gasteiger partial charge in [-0.05, 0) is 79.3 Å². The summed E-state index contributed by atoms with van der Waals surface area (Å²) < 4.78 is 19.5. The molecule has 2 aliphatic heterocycles. The first kappa shape index (κ1) is 30.4. The number of rotatable bonds is 5. The summed E-state index contributed by atoms with van der Waals surface area (Å²) in [5.41, 5.74) is 2.20. The number of alkyl halides is 2. The third-order valence-electron chi connectivity index (χ3n) is 10.1. The Bertz CT molecular complexity index is 1850. The molecule has 1 saturated carbocycles. The number of imide groups is 2. The Balaban J connectivity index is 1.41. The summed E-state index contributed by atoms with van der Waals surface area (Å²) in [4.78, 5) is 54.7. The summed E-state index contributed by atoms with van der Waals surface area (Å²) in [5, 5.41) is 11.3. The summed E-state index contributed by atoms with van der Waals surface area (Å²) in [6.45, 7) is 2.01. The fourth-order valence-electron chi connectivity index (χ4n) is 7.85. The Morgan fingerprint density at radius 3 is 2.20 bits per heavy atom. The molecule has 0 spiro atoms. The summed E-state index contributed by atoms with van der Waals surface area (Å²) in [6.07, 6.45) is 2.51. The zero-order chi connectivity index (χ0) is 32.7. The molecule has 8 nitrogen and oxygen atoms in total. The molecule has 2 saturated heterocycles. The van der Waals surface area contributed by atoms with Gasteiger partial charge in [0.25, 0.3) is 11.8 Å². The van der Waals surface area contributed by atoms with Crippen LogP contribution in [0, 0.1) is 23.6 Å². The maximum Gasteiger partial charge on any atom is 0.258 e. The number of phenolic OH excluding ortho intramolecular Hbond substituents is 1. The molecule has 3 fully saturated rings. The highest BCUT2D eigenvalue weighted by molar-refractivity contribution is 6.58. The van der Waals surface area contributed by atoms with Crippen molar-refractivity contribution in [3.8, 4) is 11.5 Å². The molecule has 236 valence electrons. The van der Waals surface area contributed by atoms with Crippen LogP contribution in [0.4, 0.5) is 15.8 Å². The molecular formula is C35H29Cl2FN2O6. The molecule has 2 aliphatic carbocycles. The predicted octanol–water partition coefficient (Wildman–Crippen LogP) is 5.87. The molecular weight excluding hydrogens is 634 g/mol. The second-order valence-electron chi connectivity index (χ2n) is 12.2. The molecule has 4 amide bonds. The van der Waals surface area contributed by atoms with Crippen LogP contribution in [0.3, 0.4) is 0 Å². The third kappa shape index (κ3) is 3.97. The molecule has 4 aliphatic rings. The van der Waals surface area contributed by atoms with Gasteiger partial charge in [-0.1, -0.05) is 36.8 Å². The number of amides is 4. The van der Waals surface area contributed by atoms with Gasteiger partial charge < -0.3 is 9.84 Å². The van der Waals surface area contributed by atoms with Crippen molar-refractivity contribution in [3.63, 3.8) is 0 Å². The van der Waals surface area contributed by atoms with Crippen LogP contribution in [0.2, 0.25) is 0 Å². The van der Waals surface area contributed by atoms with Crippen LogP contribution < -0.4 is 14.5 Å². The van der Waals surface area contributed by atoms with E-state index in [4.69, 9.17) is 27.9 Å². The van der Waals surface area contributed by atoms with Crippen molar-refractivity contribution < 1.29 is 33.4 Å². The first-order valence-electron chi connectivity index (χ1n) is 15.0. The summed E-state index contributed by atoms with van der Waals surface area (Å²) in [6, 6.07) is 16.6. The van der Waals surface area contributed by atoms with Crippen LogP contribution >= 0.6 is 23.2 Å². The van der Waals surface area contributed by atoms with E-state index >= 15 is 0 Å². The number of fused-ring (bicyclic) bond motifs is 4. The van der Waals surface area contributed by atoms with Gasteiger partial charge in [0, 0.05) is 11.5 Å². The fourth-order valence-corrected chi connectivity index (χ4v) is 8.77. The summed E-state index contributed by atoms with van der Waals surface area (Å²) in [7, 11) is 1.39. The van der Waals surface area contributed by atoms with Crippen molar-refractivity contribution in [2.24, 2.45) is 17.8 Å². The van der Waals surface area contributed by atoms with Crippen LogP contribution in [-0.4, -0.2) is 45.6 Å². The van der Waals surface area contributed by atoms with Gasteiger partial charge in [0.2, 0.25) is 11.8 Å². The van der Waals surface area contributed by atoms with E-state index in [1.165, 1.54) is 30.2 Å². The Labute approximate surface area is 274 Å². The van der Waals surface area contributed by atoms with E-state index in [0.29, 0.717) is 11.3 Å². The second kappa shape index (κ2) is 10.7. The molecule has 46 heavy (non-hydrogen) atoms. The van der Waals surface area contributed by atoms with E-state index < -0.39 is 57.0 Å².